The Morgan fingerprint density at radius 1 is 0.731 bits per heavy atom. The van der Waals surface area contributed by atoms with Gasteiger partial charge in [0.1, 0.15) is 34.5 Å². The number of halogens is 6. The zero-order chi connectivity index (χ0) is 56.0. The Bertz CT molecular complexity index is 3510. The number of hydrogen-bond donors (Lipinski definition) is 6. The van der Waals surface area contributed by atoms with Crippen LogP contribution < -0.4 is 10.6 Å². The monoisotopic (exact) mass is 1070 g/mol. The molecule has 78 heavy (non-hydrogen) atoms. The van der Waals surface area contributed by atoms with Gasteiger partial charge in [-0.05, 0) is 127 Å². The fraction of sp³-hybridized carbons (Fsp3) is 0.413. The number of nitrogens with one attached hydrogen (secondary N) is 2. The third-order valence-corrected chi connectivity index (χ3v) is 19.6. The Hall–Kier alpha value is -6.71. The predicted molar refractivity (Wildman–Crippen MR) is 294 cm³/mol. The highest BCUT2D eigenvalue weighted by Gasteiger charge is 2.73. The molecule has 5 aromatic rings. The Labute approximate surface area is 450 Å². The van der Waals surface area contributed by atoms with Gasteiger partial charge in [-0.2, -0.15) is 30.9 Å². The Morgan fingerprint density at radius 2 is 1.37 bits per heavy atom. The minimum Gasteiger partial charge on any atom is -0.508 e. The summed E-state index contributed by atoms with van der Waals surface area (Å²) in [5, 5.41) is 53.5. The smallest absolute Gasteiger partial charge is 0.411 e. The van der Waals surface area contributed by atoms with Gasteiger partial charge in [0.15, 0.2) is 12.3 Å². The molecule has 4 atom stereocenters. The van der Waals surface area contributed by atoms with E-state index in [-0.39, 0.29) is 63.5 Å². The molecule has 9 nitrogen and oxygen atoms in total. The molecule has 0 aromatic heterocycles. The molecule has 15 heteroatoms. The summed E-state index contributed by atoms with van der Waals surface area (Å²) in [7, 11) is 0. The van der Waals surface area contributed by atoms with Gasteiger partial charge in [-0.1, -0.05) is 84.5 Å². The van der Waals surface area contributed by atoms with E-state index < -0.39 is 51.2 Å². The van der Waals surface area contributed by atoms with Crippen molar-refractivity contribution >= 4 is 45.8 Å². The summed E-state index contributed by atoms with van der Waals surface area (Å²) in [5.74, 6) is -0.519. The summed E-state index contributed by atoms with van der Waals surface area (Å²) in [6.07, 6.45) is -5.41. The molecule has 408 valence electrons. The first kappa shape index (κ1) is 53.3. The lowest BCUT2D eigenvalue weighted by molar-refractivity contribution is -0.489. The van der Waals surface area contributed by atoms with Crippen LogP contribution in [-0.4, -0.2) is 74.1 Å². The number of aliphatic imine (C=N–C) groups is 2. The second kappa shape index (κ2) is 17.9. The number of allylic oxidation sites excluding steroid dienone is 2. The van der Waals surface area contributed by atoms with Crippen LogP contribution in [0, 0.1) is 17.8 Å². The van der Waals surface area contributed by atoms with E-state index >= 15 is 26.3 Å². The van der Waals surface area contributed by atoms with Crippen molar-refractivity contribution in [3.8, 4) is 23.0 Å². The first-order valence-electron chi connectivity index (χ1n) is 27.2. The third kappa shape index (κ3) is 7.24. The number of rotatable bonds is 14. The molecular formula is C63H66F6N5O4+. The van der Waals surface area contributed by atoms with Crippen molar-refractivity contribution in [2.24, 2.45) is 20.8 Å². The lowest BCUT2D eigenvalue weighted by atomic mass is 9.54. The standard InChI is InChI=1S/C63H65F6N5O4/c1-10-57(8,11-2)43-28-50(76)41(27-51(43)77)46-23-36-17-18-37(24-45(36)72-46)61(62(64,65)66,63(67,68)69)38-19-20-39-47(25-38)73-55-53(39)71-31-60(55,14-5)59(12-3,13-4)44-29-49(75)40(26-52(44)78)33(6)15-16-35-22-42-48(21-34(35)7)74-32-58(9)30-70-54(42)56(58)74/h15-22,24-29,53-54,70-71H,6,10-14,23,30-32H2,1-5,7-9H3,(H3-,72,75,76,77,78)/p+1. The van der Waals surface area contributed by atoms with Gasteiger partial charge in [-0.15, -0.1) is 0 Å². The van der Waals surface area contributed by atoms with E-state index in [1.165, 1.54) is 47.3 Å². The first-order chi connectivity index (χ1) is 36.8. The van der Waals surface area contributed by atoms with E-state index in [0.29, 0.717) is 77.8 Å². The van der Waals surface area contributed by atoms with Crippen LogP contribution in [0.3, 0.4) is 0 Å². The molecule has 6 N–H and O–H groups in total. The number of benzene rings is 5. The fourth-order valence-corrected chi connectivity index (χ4v) is 14.7. The number of alkyl halides is 6. The van der Waals surface area contributed by atoms with E-state index in [9.17, 15) is 20.4 Å². The van der Waals surface area contributed by atoms with Crippen molar-refractivity contribution < 1.29 is 51.3 Å². The molecule has 6 aliphatic rings. The van der Waals surface area contributed by atoms with Crippen molar-refractivity contribution in [2.75, 3.05) is 19.6 Å². The summed E-state index contributed by atoms with van der Waals surface area (Å²) >= 11 is 0. The Kier molecular flexibility index (Phi) is 12.2. The van der Waals surface area contributed by atoms with Gasteiger partial charge in [0.2, 0.25) is 11.1 Å². The van der Waals surface area contributed by atoms with Crippen LogP contribution in [0.2, 0.25) is 0 Å². The summed E-state index contributed by atoms with van der Waals surface area (Å²) in [6, 6.07) is 15.8. The maximum absolute atomic E-state index is 15.9. The van der Waals surface area contributed by atoms with Crippen molar-refractivity contribution in [2.45, 2.75) is 135 Å². The van der Waals surface area contributed by atoms with E-state index in [1.807, 2.05) is 53.7 Å². The number of aromatic hydroxyl groups is 4. The largest absolute Gasteiger partial charge is 0.508 e. The predicted octanol–water partition coefficient (Wildman–Crippen LogP) is 14.4. The van der Waals surface area contributed by atoms with Gasteiger partial charge in [-0.3, -0.25) is 15.3 Å². The molecule has 6 heterocycles. The lowest BCUT2D eigenvalue weighted by Crippen LogP contribution is -2.54. The second-order valence-corrected chi connectivity index (χ2v) is 23.1. The van der Waals surface area contributed by atoms with Crippen LogP contribution in [-0.2, 0) is 22.7 Å². The number of nitrogens with zero attached hydrogens (tertiary/aromatic N) is 3. The van der Waals surface area contributed by atoms with Crippen LogP contribution in [0.1, 0.15) is 154 Å². The zero-order valence-electron chi connectivity index (χ0n) is 45.2. The molecule has 0 amide bonds. The molecule has 11 rings (SSSR count). The Balaban J connectivity index is 0.926. The molecule has 5 aromatic carbocycles. The van der Waals surface area contributed by atoms with Gasteiger partial charge < -0.3 is 25.7 Å². The maximum Gasteiger partial charge on any atom is 0.411 e. The minimum absolute atomic E-state index is 0.00604. The molecule has 2 fully saturated rings. The number of hydrogen-bond acceptors (Lipinski definition) is 8. The van der Waals surface area contributed by atoms with E-state index in [1.54, 1.807) is 6.07 Å². The SMILES string of the molecule is C=C(C=Cc1cc2c(cc1C)[N+]1=C3C2NCC3(C)C1)c1cc(O)c(C(CC)(CC)C2(CC)CNC3C2=Nc2cc(C(c4ccc5c(c4)N=C(c4cc(O)c(C(C)(CC)CC)cc4O)C5)(C(F)(F)F)C(F)(F)F)ccc23)cc1O. The van der Waals surface area contributed by atoms with E-state index in [4.69, 9.17) is 4.99 Å². The summed E-state index contributed by atoms with van der Waals surface area (Å²) < 4.78 is 97.8. The average Bonchev–Trinajstić information content (AvgIpc) is 3.80. The fourth-order valence-electron chi connectivity index (χ4n) is 14.7. The van der Waals surface area contributed by atoms with E-state index in [2.05, 4.69) is 52.8 Å². The number of fused-ring (bicyclic) bond motifs is 7. The van der Waals surface area contributed by atoms with E-state index in [0.717, 1.165) is 48.5 Å². The second-order valence-electron chi connectivity index (χ2n) is 23.1. The number of phenols is 4. The molecule has 2 saturated heterocycles. The third-order valence-electron chi connectivity index (χ3n) is 19.6. The molecule has 6 aliphatic heterocycles. The topological polar surface area (TPSA) is 133 Å². The summed E-state index contributed by atoms with van der Waals surface area (Å²) in [5.41, 5.74) is 0.386. The van der Waals surface area contributed by atoms with Crippen molar-refractivity contribution in [1.29, 1.82) is 0 Å². The highest BCUT2D eigenvalue weighted by molar-refractivity contribution is 6.09. The van der Waals surface area contributed by atoms with Gasteiger partial charge in [0.25, 0.3) is 0 Å². The molecule has 4 unspecified atom stereocenters. The zero-order valence-corrected chi connectivity index (χ0v) is 45.2. The lowest BCUT2D eigenvalue weighted by Gasteiger charge is -2.48. The van der Waals surface area contributed by atoms with Crippen LogP contribution in [0.4, 0.5) is 43.4 Å². The quantitative estimate of drug-likeness (QED) is 0.0284. The van der Waals surface area contributed by atoms with Gasteiger partial charge in [0, 0.05) is 69.9 Å². The maximum atomic E-state index is 15.9. The first-order valence-corrected chi connectivity index (χ1v) is 27.2. The van der Waals surface area contributed by atoms with Crippen LogP contribution >= 0.6 is 0 Å². The van der Waals surface area contributed by atoms with Crippen molar-refractivity contribution in [3.05, 3.63) is 147 Å². The average molecular weight is 1070 g/mol. The molecule has 0 radical (unpaired) electrons. The van der Waals surface area contributed by atoms with Gasteiger partial charge in [-0.25, -0.2) is 0 Å². The minimum atomic E-state index is -5.91. The summed E-state index contributed by atoms with van der Waals surface area (Å²) in [6.45, 7) is 22.7. The van der Waals surface area contributed by atoms with Crippen LogP contribution in [0.25, 0.3) is 11.6 Å². The molecule has 0 saturated carbocycles. The van der Waals surface area contributed by atoms with Gasteiger partial charge in [0.05, 0.1) is 28.7 Å². The highest BCUT2D eigenvalue weighted by Crippen LogP contribution is 2.62. The molecule has 0 spiro atoms. The molecular weight excluding hydrogens is 1000 g/mol. The van der Waals surface area contributed by atoms with Crippen LogP contribution in [0.5, 0.6) is 23.0 Å². The van der Waals surface area contributed by atoms with Gasteiger partial charge >= 0.3 is 12.4 Å². The van der Waals surface area contributed by atoms with Crippen LogP contribution in [0.15, 0.2) is 95.4 Å². The normalized spacial score (nSPS) is 22.3. The van der Waals surface area contributed by atoms with Crippen molar-refractivity contribution in [3.63, 3.8) is 0 Å². The summed E-state index contributed by atoms with van der Waals surface area (Å²) in [4.78, 5) is 9.47. The molecule has 0 aliphatic carbocycles. The number of phenolic OH excluding ortho intramolecular Hbond substituents is 4. The number of aryl methyl sites for hydroxylation is 1. The molecule has 0 bridgehead atoms. The van der Waals surface area contributed by atoms with Crippen molar-refractivity contribution in [1.82, 2.24) is 10.6 Å². The Morgan fingerprint density at radius 3 is 2.03 bits per heavy atom. The highest BCUT2D eigenvalue weighted by atomic mass is 19.4.